The van der Waals surface area contributed by atoms with E-state index in [1.165, 1.54) is 11.3 Å². The van der Waals surface area contributed by atoms with Crippen LogP contribution in [0.25, 0.3) is 10.2 Å². The number of pyridine rings is 1. The quantitative estimate of drug-likeness (QED) is 0.328. The summed E-state index contributed by atoms with van der Waals surface area (Å²) in [6.07, 6.45) is 3.74. The van der Waals surface area contributed by atoms with Gasteiger partial charge in [-0.2, -0.15) is 0 Å². The molecule has 0 unspecified atom stereocenters. The highest BCUT2D eigenvalue weighted by atomic mass is 32.2. The Kier molecular flexibility index (Phi) is 7.09. The standard InChI is InChI=1S/C26H27N3O3S2/c1-18-6-9-22(10-7-18)34(31,32)16-4-5-24(30)29(17-21-12-14-27-15-13-21)26-28-25-20(3)19(2)8-11-23(25)33-26/h6-15H,4-5,16-17H2,1-3H3. The van der Waals surface area contributed by atoms with Crippen LogP contribution >= 0.6 is 11.3 Å². The highest BCUT2D eigenvalue weighted by molar-refractivity contribution is 7.91. The summed E-state index contributed by atoms with van der Waals surface area (Å²) < 4.78 is 26.4. The highest BCUT2D eigenvalue weighted by Gasteiger charge is 2.22. The Hall–Kier alpha value is -3.10. The zero-order valence-electron chi connectivity index (χ0n) is 19.5. The molecule has 6 nitrogen and oxygen atoms in total. The minimum absolute atomic E-state index is 0.0803. The summed E-state index contributed by atoms with van der Waals surface area (Å²) in [5.41, 5.74) is 5.08. The number of amides is 1. The van der Waals surface area contributed by atoms with E-state index in [0.717, 1.165) is 32.5 Å². The molecular weight excluding hydrogens is 466 g/mol. The Bertz CT molecular complexity index is 1410. The van der Waals surface area contributed by atoms with E-state index in [1.807, 2.05) is 39.0 Å². The van der Waals surface area contributed by atoms with Crippen LogP contribution in [0.5, 0.6) is 0 Å². The molecule has 4 rings (SSSR count). The lowest BCUT2D eigenvalue weighted by atomic mass is 10.1. The third-order valence-corrected chi connectivity index (χ3v) is 8.74. The number of anilines is 1. The van der Waals surface area contributed by atoms with Gasteiger partial charge in [0.15, 0.2) is 15.0 Å². The van der Waals surface area contributed by atoms with Crippen molar-refractivity contribution >= 4 is 42.4 Å². The van der Waals surface area contributed by atoms with Crippen LogP contribution in [0, 0.1) is 20.8 Å². The van der Waals surface area contributed by atoms with Gasteiger partial charge in [-0.3, -0.25) is 14.7 Å². The minimum Gasteiger partial charge on any atom is -0.284 e. The van der Waals surface area contributed by atoms with Crippen LogP contribution in [-0.2, 0) is 21.2 Å². The molecule has 8 heteroatoms. The van der Waals surface area contributed by atoms with Gasteiger partial charge in [0.05, 0.1) is 27.4 Å². The Morgan fingerprint density at radius 3 is 2.38 bits per heavy atom. The Morgan fingerprint density at radius 2 is 1.68 bits per heavy atom. The van der Waals surface area contributed by atoms with Crippen molar-refractivity contribution in [2.24, 2.45) is 0 Å². The predicted molar refractivity (Wildman–Crippen MR) is 137 cm³/mol. The minimum atomic E-state index is -3.44. The van der Waals surface area contributed by atoms with E-state index >= 15 is 0 Å². The first kappa shape index (κ1) is 24.0. The smallest absolute Gasteiger partial charge is 0.229 e. The van der Waals surface area contributed by atoms with Gasteiger partial charge in [-0.25, -0.2) is 13.4 Å². The van der Waals surface area contributed by atoms with Gasteiger partial charge in [-0.1, -0.05) is 35.1 Å². The molecule has 0 bridgehead atoms. The van der Waals surface area contributed by atoms with Crippen molar-refractivity contribution in [2.45, 2.75) is 45.1 Å². The molecule has 0 N–H and O–H groups in total. The van der Waals surface area contributed by atoms with E-state index < -0.39 is 9.84 Å². The molecule has 4 aromatic rings. The largest absolute Gasteiger partial charge is 0.284 e. The number of hydrogen-bond acceptors (Lipinski definition) is 6. The highest BCUT2D eigenvalue weighted by Crippen LogP contribution is 2.33. The predicted octanol–water partition coefficient (Wildman–Crippen LogP) is 5.40. The van der Waals surface area contributed by atoms with Crippen molar-refractivity contribution < 1.29 is 13.2 Å². The van der Waals surface area contributed by atoms with E-state index in [1.54, 1.807) is 41.6 Å². The second-order valence-corrected chi connectivity index (χ2v) is 11.5. The molecule has 1 amide bonds. The molecule has 176 valence electrons. The maximum absolute atomic E-state index is 13.3. The molecular formula is C26H27N3O3S2. The second-order valence-electron chi connectivity index (χ2n) is 8.42. The number of aryl methyl sites for hydroxylation is 3. The molecule has 0 fully saturated rings. The van der Waals surface area contributed by atoms with E-state index in [9.17, 15) is 13.2 Å². The molecule has 0 spiro atoms. The Labute approximate surface area is 204 Å². The number of nitrogens with zero attached hydrogens (tertiary/aromatic N) is 3. The number of sulfone groups is 1. The van der Waals surface area contributed by atoms with E-state index in [0.29, 0.717) is 11.7 Å². The normalized spacial score (nSPS) is 11.6. The van der Waals surface area contributed by atoms with E-state index in [2.05, 4.69) is 11.1 Å². The number of benzene rings is 2. The summed E-state index contributed by atoms with van der Waals surface area (Å²) in [5.74, 6) is -0.229. The van der Waals surface area contributed by atoms with Crippen molar-refractivity contribution in [3.63, 3.8) is 0 Å². The van der Waals surface area contributed by atoms with Crippen molar-refractivity contribution in [3.05, 3.63) is 83.2 Å². The van der Waals surface area contributed by atoms with E-state index in [-0.39, 0.29) is 29.4 Å². The Morgan fingerprint density at radius 1 is 0.971 bits per heavy atom. The fourth-order valence-electron chi connectivity index (χ4n) is 3.67. The summed E-state index contributed by atoms with van der Waals surface area (Å²) >= 11 is 1.47. The van der Waals surface area contributed by atoms with Crippen LogP contribution in [0.1, 0.15) is 35.1 Å². The maximum atomic E-state index is 13.3. The van der Waals surface area contributed by atoms with Gasteiger partial charge in [0.1, 0.15) is 0 Å². The first-order valence-corrected chi connectivity index (χ1v) is 13.6. The monoisotopic (exact) mass is 493 g/mol. The SMILES string of the molecule is Cc1ccc(S(=O)(=O)CCCC(=O)N(Cc2ccncc2)c2nc3c(C)c(C)ccc3s2)cc1. The van der Waals surface area contributed by atoms with Crippen molar-refractivity contribution in [1.82, 2.24) is 9.97 Å². The van der Waals surface area contributed by atoms with Gasteiger partial charge in [-0.05, 0) is 74.2 Å². The fraction of sp³-hybridized carbons (Fsp3) is 0.269. The van der Waals surface area contributed by atoms with E-state index in [4.69, 9.17) is 4.98 Å². The van der Waals surface area contributed by atoms with Crippen LogP contribution in [0.2, 0.25) is 0 Å². The number of rotatable bonds is 8. The lowest BCUT2D eigenvalue weighted by Crippen LogP contribution is -2.30. The first-order chi connectivity index (χ1) is 16.2. The summed E-state index contributed by atoms with van der Waals surface area (Å²) in [4.78, 5) is 24.1. The van der Waals surface area contributed by atoms with Crippen LogP contribution in [0.3, 0.4) is 0 Å². The molecule has 2 heterocycles. The van der Waals surface area contributed by atoms with Crippen LogP contribution in [-0.4, -0.2) is 30.0 Å². The third kappa shape index (κ3) is 5.34. The second kappa shape index (κ2) is 10.0. The molecule has 34 heavy (non-hydrogen) atoms. The topological polar surface area (TPSA) is 80.2 Å². The number of carbonyl (C=O) groups is 1. The maximum Gasteiger partial charge on any atom is 0.229 e. The lowest BCUT2D eigenvalue weighted by molar-refractivity contribution is -0.118. The molecule has 2 aromatic heterocycles. The van der Waals surface area contributed by atoms with Crippen molar-refractivity contribution in [3.8, 4) is 0 Å². The summed E-state index contributed by atoms with van der Waals surface area (Å²) in [6.45, 7) is 6.34. The summed E-state index contributed by atoms with van der Waals surface area (Å²) in [5, 5.41) is 0.618. The molecule has 0 aliphatic carbocycles. The lowest BCUT2D eigenvalue weighted by Gasteiger charge is -2.20. The van der Waals surface area contributed by atoms with Gasteiger partial charge >= 0.3 is 0 Å². The number of hydrogen-bond donors (Lipinski definition) is 0. The number of fused-ring (bicyclic) bond motifs is 1. The third-order valence-electron chi connectivity index (χ3n) is 5.88. The average molecular weight is 494 g/mol. The van der Waals surface area contributed by atoms with Crippen LogP contribution < -0.4 is 4.90 Å². The van der Waals surface area contributed by atoms with Crippen LogP contribution in [0.4, 0.5) is 5.13 Å². The first-order valence-electron chi connectivity index (χ1n) is 11.1. The molecule has 0 atom stereocenters. The molecule has 2 aromatic carbocycles. The van der Waals surface area contributed by atoms with Gasteiger partial charge in [-0.15, -0.1) is 0 Å². The molecule has 0 saturated heterocycles. The van der Waals surface area contributed by atoms with Gasteiger partial charge in [0.2, 0.25) is 5.91 Å². The average Bonchev–Trinajstić information content (AvgIpc) is 3.25. The zero-order valence-corrected chi connectivity index (χ0v) is 21.1. The van der Waals surface area contributed by atoms with Crippen molar-refractivity contribution in [2.75, 3.05) is 10.7 Å². The van der Waals surface area contributed by atoms with Gasteiger partial charge < -0.3 is 0 Å². The summed E-state index contributed by atoms with van der Waals surface area (Å²) in [7, 11) is -3.44. The molecule has 0 radical (unpaired) electrons. The van der Waals surface area contributed by atoms with Gasteiger partial charge in [0.25, 0.3) is 0 Å². The zero-order chi connectivity index (χ0) is 24.3. The Balaban J connectivity index is 1.55. The molecule has 0 aliphatic rings. The van der Waals surface area contributed by atoms with Gasteiger partial charge in [0, 0.05) is 18.8 Å². The molecule has 0 aliphatic heterocycles. The molecule has 0 saturated carbocycles. The number of thiazole rings is 1. The fourth-order valence-corrected chi connectivity index (χ4v) is 6.03. The van der Waals surface area contributed by atoms with Crippen molar-refractivity contribution in [1.29, 1.82) is 0 Å². The summed E-state index contributed by atoms with van der Waals surface area (Å²) in [6, 6.07) is 14.6. The van der Waals surface area contributed by atoms with Crippen LogP contribution in [0.15, 0.2) is 65.8 Å². The number of aromatic nitrogens is 2. The number of carbonyl (C=O) groups excluding carboxylic acids is 1.